The van der Waals surface area contributed by atoms with Gasteiger partial charge in [-0.3, -0.25) is 0 Å². The molecule has 0 aliphatic heterocycles. The van der Waals surface area contributed by atoms with Crippen LogP contribution in [0.4, 0.5) is 0 Å². The van der Waals surface area contributed by atoms with Crippen LogP contribution in [0.2, 0.25) is 0 Å². The highest BCUT2D eigenvalue weighted by Gasteiger charge is 2.14. The van der Waals surface area contributed by atoms with Crippen molar-refractivity contribution in [2.75, 3.05) is 0 Å². The van der Waals surface area contributed by atoms with Gasteiger partial charge in [-0.25, -0.2) is 0 Å². The van der Waals surface area contributed by atoms with Crippen LogP contribution in [0.15, 0.2) is 48.5 Å². The van der Waals surface area contributed by atoms with E-state index >= 15 is 0 Å². The highest BCUT2D eigenvalue weighted by Crippen LogP contribution is 2.24. The molecular weight excluding hydrogens is 359 g/mol. The molecule has 2 rings (SSSR count). The largest absolute Gasteiger partial charge is 0.388 e. The monoisotopic (exact) mass is 380 g/mol. The van der Waals surface area contributed by atoms with Crippen LogP contribution in [0.3, 0.4) is 0 Å². The molecule has 0 saturated carbocycles. The maximum absolute atomic E-state index is 10.3. The zero-order valence-corrected chi connectivity index (χ0v) is 14.4. The zero-order valence-electron chi connectivity index (χ0n) is 12.2. The smallest absolute Gasteiger partial charge is 0.0830 e. The predicted molar refractivity (Wildman–Crippen MR) is 93.0 cm³/mol. The van der Waals surface area contributed by atoms with Crippen LogP contribution in [0.25, 0.3) is 0 Å². The Morgan fingerprint density at radius 2 is 1.50 bits per heavy atom. The van der Waals surface area contributed by atoms with E-state index in [0.717, 1.165) is 5.56 Å². The van der Waals surface area contributed by atoms with Gasteiger partial charge in [-0.05, 0) is 56.8 Å². The van der Waals surface area contributed by atoms with Crippen molar-refractivity contribution < 1.29 is 5.11 Å². The Kier molecular flexibility index (Phi) is 4.86. The summed E-state index contributed by atoms with van der Waals surface area (Å²) in [6, 6.07) is 16.6. The molecule has 2 aromatic carbocycles. The summed E-state index contributed by atoms with van der Waals surface area (Å²) in [5.74, 6) is 0. The molecule has 1 unspecified atom stereocenters. The fourth-order valence-electron chi connectivity index (χ4n) is 2.17. The summed E-state index contributed by atoms with van der Waals surface area (Å²) in [6.45, 7) is 6.63. The molecule has 0 amide bonds. The average Bonchev–Trinajstić information content (AvgIpc) is 2.39. The van der Waals surface area contributed by atoms with Gasteiger partial charge in [0, 0.05) is 9.99 Å². The molecule has 0 radical (unpaired) electrons. The quantitative estimate of drug-likeness (QED) is 0.754. The topological polar surface area (TPSA) is 20.2 Å². The maximum atomic E-state index is 10.3. The molecule has 0 saturated heterocycles. The Labute approximate surface area is 135 Å². The lowest BCUT2D eigenvalue weighted by Gasteiger charge is -2.19. The maximum Gasteiger partial charge on any atom is 0.0830 e. The molecule has 1 N–H and O–H groups in total. The Hall–Kier alpha value is -0.870. The van der Waals surface area contributed by atoms with E-state index in [0.29, 0.717) is 6.42 Å². The Bertz CT molecular complexity index is 549. The zero-order chi connectivity index (χ0) is 14.8. The number of halogens is 1. The molecule has 20 heavy (non-hydrogen) atoms. The van der Waals surface area contributed by atoms with Gasteiger partial charge in [0.1, 0.15) is 0 Å². The van der Waals surface area contributed by atoms with Crippen molar-refractivity contribution in [3.8, 4) is 0 Å². The normalized spacial score (nSPS) is 13.2. The minimum atomic E-state index is -0.438. The Balaban J connectivity index is 2.08. The van der Waals surface area contributed by atoms with Gasteiger partial charge in [0.15, 0.2) is 0 Å². The summed E-state index contributed by atoms with van der Waals surface area (Å²) in [6.07, 6.45) is 0.220. The van der Waals surface area contributed by atoms with Gasteiger partial charge in [-0.1, -0.05) is 57.2 Å². The molecule has 0 aliphatic carbocycles. The van der Waals surface area contributed by atoms with Crippen LogP contribution < -0.4 is 0 Å². The van der Waals surface area contributed by atoms with Crippen molar-refractivity contribution in [3.05, 3.63) is 68.8 Å². The van der Waals surface area contributed by atoms with E-state index < -0.39 is 6.10 Å². The minimum Gasteiger partial charge on any atom is -0.388 e. The lowest BCUT2D eigenvalue weighted by Crippen LogP contribution is -2.11. The summed E-state index contributed by atoms with van der Waals surface area (Å²) in [4.78, 5) is 0. The summed E-state index contributed by atoms with van der Waals surface area (Å²) < 4.78 is 1.19. The molecule has 0 heterocycles. The lowest BCUT2D eigenvalue weighted by atomic mass is 9.86. The summed E-state index contributed by atoms with van der Waals surface area (Å²) >= 11 is 2.27. The molecule has 0 fully saturated rings. The number of aliphatic hydroxyl groups excluding tert-OH is 1. The van der Waals surface area contributed by atoms with Crippen molar-refractivity contribution in [3.63, 3.8) is 0 Å². The van der Waals surface area contributed by atoms with Gasteiger partial charge in [0.05, 0.1) is 6.10 Å². The van der Waals surface area contributed by atoms with E-state index in [1.165, 1.54) is 14.7 Å². The standard InChI is InChI=1S/C18H21IO/c1-18(2,3)15-8-4-13(5-9-15)12-17(20)14-6-10-16(19)11-7-14/h4-11,17,20H,12H2,1-3H3. The van der Waals surface area contributed by atoms with E-state index in [4.69, 9.17) is 0 Å². The van der Waals surface area contributed by atoms with E-state index in [-0.39, 0.29) is 5.41 Å². The van der Waals surface area contributed by atoms with Crippen molar-refractivity contribution in [2.24, 2.45) is 0 Å². The fraction of sp³-hybridized carbons (Fsp3) is 0.333. The van der Waals surface area contributed by atoms with Crippen LogP contribution in [-0.4, -0.2) is 5.11 Å². The molecule has 0 aliphatic rings. The van der Waals surface area contributed by atoms with Gasteiger partial charge in [0.2, 0.25) is 0 Å². The molecule has 0 aromatic heterocycles. The molecular formula is C18H21IO. The number of rotatable bonds is 3. The summed E-state index contributed by atoms with van der Waals surface area (Å²) in [5, 5.41) is 10.3. The van der Waals surface area contributed by atoms with Gasteiger partial charge < -0.3 is 5.11 Å². The van der Waals surface area contributed by atoms with E-state index in [9.17, 15) is 5.11 Å². The summed E-state index contributed by atoms with van der Waals surface area (Å²) in [7, 11) is 0. The average molecular weight is 380 g/mol. The second-order valence-electron chi connectivity index (χ2n) is 6.22. The fourth-order valence-corrected chi connectivity index (χ4v) is 2.53. The molecule has 2 aromatic rings. The van der Waals surface area contributed by atoms with Crippen molar-refractivity contribution in [2.45, 2.75) is 38.7 Å². The number of hydrogen-bond donors (Lipinski definition) is 1. The van der Waals surface area contributed by atoms with Gasteiger partial charge in [0.25, 0.3) is 0 Å². The lowest BCUT2D eigenvalue weighted by molar-refractivity contribution is 0.178. The molecule has 0 spiro atoms. The highest BCUT2D eigenvalue weighted by molar-refractivity contribution is 14.1. The highest BCUT2D eigenvalue weighted by atomic mass is 127. The first-order chi connectivity index (χ1) is 9.36. The first kappa shape index (κ1) is 15.5. The second-order valence-corrected chi connectivity index (χ2v) is 7.46. The molecule has 1 atom stereocenters. The van der Waals surface area contributed by atoms with Crippen molar-refractivity contribution in [1.29, 1.82) is 0 Å². The third-order valence-electron chi connectivity index (χ3n) is 3.50. The van der Waals surface area contributed by atoms with Crippen LogP contribution in [-0.2, 0) is 11.8 Å². The van der Waals surface area contributed by atoms with Crippen molar-refractivity contribution in [1.82, 2.24) is 0 Å². The first-order valence-electron chi connectivity index (χ1n) is 6.89. The summed E-state index contributed by atoms with van der Waals surface area (Å²) in [5.41, 5.74) is 3.65. The second kappa shape index (κ2) is 6.27. The molecule has 0 bridgehead atoms. The minimum absolute atomic E-state index is 0.174. The van der Waals surface area contributed by atoms with Crippen LogP contribution >= 0.6 is 22.6 Å². The van der Waals surface area contributed by atoms with Gasteiger partial charge in [-0.15, -0.1) is 0 Å². The third kappa shape index (κ3) is 4.06. The van der Waals surface area contributed by atoms with Crippen LogP contribution in [0, 0.1) is 3.57 Å². The van der Waals surface area contributed by atoms with Gasteiger partial charge in [-0.2, -0.15) is 0 Å². The molecule has 2 heteroatoms. The number of benzene rings is 2. The van der Waals surface area contributed by atoms with Gasteiger partial charge >= 0.3 is 0 Å². The molecule has 106 valence electrons. The number of hydrogen-bond acceptors (Lipinski definition) is 1. The van der Waals surface area contributed by atoms with Crippen LogP contribution in [0.1, 0.15) is 43.6 Å². The predicted octanol–water partition coefficient (Wildman–Crippen LogP) is 4.86. The van der Waals surface area contributed by atoms with Crippen LogP contribution in [0.5, 0.6) is 0 Å². The third-order valence-corrected chi connectivity index (χ3v) is 4.22. The number of aliphatic hydroxyl groups is 1. The SMILES string of the molecule is CC(C)(C)c1ccc(CC(O)c2ccc(I)cc2)cc1. The Morgan fingerprint density at radius 1 is 0.950 bits per heavy atom. The Morgan fingerprint density at radius 3 is 2.00 bits per heavy atom. The van der Waals surface area contributed by atoms with E-state index in [1.807, 2.05) is 24.3 Å². The molecule has 1 nitrogen and oxygen atoms in total. The van der Waals surface area contributed by atoms with E-state index in [1.54, 1.807) is 0 Å². The van der Waals surface area contributed by atoms with E-state index in [2.05, 4.69) is 67.6 Å². The first-order valence-corrected chi connectivity index (χ1v) is 7.97. The van der Waals surface area contributed by atoms with Crippen molar-refractivity contribution >= 4 is 22.6 Å².